The number of nitrogens with one attached hydrogen (secondary N) is 3. The summed E-state index contributed by atoms with van der Waals surface area (Å²) in [6, 6.07) is 8.69. The Kier molecular flexibility index (Phi) is 7.80. The van der Waals surface area contributed by atoms with E-state index in [1.54, 1.807) is 0 Å². The minimum absolute atomic E-state index is 0. The molecule has 25 heavy (non-hydrogen) atoms. The van der Waals surface area contributed by atoms with Crippen molar-refractivity contribution in [3.05, 3.63) is 29.8 Å². The van der Waals surface area contributed by atoms with Crippen LogP contribution in [0, 0.1) is 0 Å². The number of nitrogens with zero attached hydrogens (tertiary/aromatic N) is 1. The van der Waals surface area contributed by atoms with Crippen molar-refractivity contribution in [3.8, 4) is 5.75 Å². The molecule has 1 amide bonds. The van der Waals surface area contributed by atoms with Crippen molar-refractivity contribution in [2.75, 3.05) is 13.2 Å². The van der Waals surface area contributed by atoms with Crippen molar-refractivity contribution in [3.63, 3.8) is 0 Å². The summed E-state index contributed by atoms with van der Waals surface area (Å²) in [7, 11) is 0. The molecule has 2 aliphatic rings. The van der Waals surface area contributed by atoms with Crippen LogP contribution in [0.25, 0.3) is 0 Å². The first-order valence-electron chi connectivity index (χ1n) is 8.79. The van der Waals surface area contributed by atoms with E-state index in [-0.39, 0.29) is 36.5 Å². The molecule has 0 unspecified atom stereocenters. The van der Waals surface area contributed by atoms with Crippen molar-refractivity contribution < 1.29 is 9.53 Å². The zero-order valence-corrected chi connectivity index (χ0v) is 16.9. The molecular weight excluding hydrogens is 431 g/mol. The Balaban J connectivity index is 0.00000225. The van der Waals surface area contributed by atoms with Gasteiger partial charge in [-0.05, 0) is 50.3 Å². The van der Waals surface area contributed by atoms with E-state index in [4.69, 9.17) is 4.74 Å². The number of amides is 1. The number of hydrogen-bond acceptors (Lipinski definition) is 3. The van der Waals surface area contributed by atoms with E-state index in [9.17, 15) is 4.79 Å². The molecule has 0 heterocycles. The third kappa shape index (κ3) is 7.50. The highest BCUT2D eigenvalue weighted by Crippen LogP contribution is 2.19. The highest BCUT2D eigenvalue weighted by molar-refractivity contribution is 14.0. The molecule has 138 valence electrons. The quantitative estimate of drug-likeness (QED) is 0.317. The summed E-state index contributed by atoms with van der Waals surface area (Å²) in [5.41, 5.74) is 1.06. The number of guanidine groups is 1. The van der Waals surface area contributed by atoms with Gasteiger partial charge in [-0.15, -0.1) is 24.0 Å². The molecule has 0 radical (unpaired) electrons. The lowest BCUT2D eigenvalue weighted by molar-refractivity contribution is -0.123. The van der Waals surface area contributed by atoms with E-state index >= 15 is 0 Å². The lowest BCUT2D eigenvalue weighted by Crippen LogP contribution is -2.38. The molecule has 3 N–H and O–H groups in total. The fraction of sp³-hybridized carbons (Fsp3) is 0.556. The normalized spacial score (nSPS) is 16.6. The third-order valence-corrected chi connectivity index (χ3v) is 3.89. The number of halogens is 1. The van der Waals surface area contributed by atoms with Crippen molar-refractivity contribution in [1.82, 2.24) is 16.0 Å². The number of aliphatic imine (C=N–C) groups is 1. The van der Waals surface area contributed by atoms with E-state index in [2.05, 4.69) is 27.9 Å². The van der Waals surface area contributed by atoms with Gasteiger partial charge < -0.3 is 20.7 Å². The second-order valence-electron chi connectivity index (χ2n) is 6.39. The van der Waals surface area contributed by atoms with Crippen LogP contribution in [0.2, 0.25) is 0 Å². The number of hydrogen-bond donors (Lipinski definition) is 3. The third-order valence-electron chi connectivity index (χ3n) is 3.89. The summed E-state index contributed by atoms with van der Waals surface area (Å²) in [5.74, 6) is 1.51. The van der Waals surface area contributed by atoms with Crippen molar-refractivity contribution in [1.29, 1.82) is 0 Å². The van der Waals surface area contributed by atoms with Crippen LogP contribution in [0.3, 0.4) is 0 Å². The number of ether oxygens (including phenoxy) is 1. The second kappa shape index (κ2) is 9.84. The largest absolute Gasteiger partial charge is 0.484 e. The summed E-state index contributed by atoms with van der Waals surface area (Å²) < 4.78 is 5.57. The van der Waals surface area contributed by atoms with E-state index in [0.717, 1.165) is 30.9 Å². The fourth-order valence-corrected chi connectivity index (χ4v) is 2.29. The Morgan fingerprint density at radius 3 is 2.60 bits per heavy atom. The van der Waals surface area contributed by atoms with Crippen molar-refractivity contribution in [2.24, 2.45) is 4.99 Å². The molecule has 6 nitrogen and oxygen atoms in total. The zero-order chi connectivity index (χ0) is 16.8. The molecule has 3 rings (SSSR count). The van der Waals surface area contributed by atoms with Gasteiger partial charge in [-0.3, -0.25) is 4.79 Å². The first kappa shape index (κ1) is 19.8. The highest BCUT2D eigenvalue weighted by atomic mass is 127. The molecule has 2 aliphatic carbocycles. The van der Waals surface area contributed by atoms with Gasteiger partial charge in [0.2, 0.25) is 0 Å². The average Bonchev–Trinajstić information content (AvgIpc) is 3.48. The molecule has 0 spiro atoms. The first-order valence-corrected chi connectivity index (χ1v) is 8.79. The van der Waals surface area contributed by atoms with Gasteiger partial charge in [0, 0.05) is 18.6 Å². The Hall–Kier alpha value is -1.51. The maximum Gasteiger partial charge on any atom is 0.258 e. The second-order valence-corrected chi connectivity index (χ2v) is 6.39. The average molecular weight is 458 g/mol. The molecule has 0 aromatic heterocycles. The predicted molar refractivity (Wildman–Crippen MR) is 109 cm³/mol. The lowest BCUT2D eigenvalue weighted by Gasteiger charge is -2.11. The van der Waals surface area contributed by atoms with Crippen LogP contribution in [0.5, 0.6) is 5.75 Å². The van der Waals surface area contributed by atoms with Crippen LogP contribution in [0.15, 0.2) is 29.3 Å². The van der Waals surface area contributed by atoms with Gasteiger partial charge in [0.25, 0.3) is 5.91 Å². The lowest BCUT2D eigenvalue weighted by atomic mass is 10.2. The maximum absolute atomic E-state index is 11.7. The Bertz CT molecular complexity index is 600. The zero-order valence-electron chi connectivity index (χ0n) is 14.6. The van der Waals surface area contributed by atoms with Gasteiger partial charge >= 0.3 is 0 Å². The SMILES string of the molecule is CCNC(=NCc1cccc(OCC(=O)NC2CC2)c1)NC1CC1.I. The highest BCUT2D eigenvalue weighted by Gasteiger charge is 2.23. The van der Waals surface area contributed by atoms with Crippen molar-refractivity contribution in [2.45, 2.75) is 51.2 Å². The van der Waals surface area contributed by atoms with Gasteiger partial charge in [-0.25, -0.2) is 4.99 Å². The minimum atomic E-state index is -0.0519. The van der Waals surface area contributed by atoms with E-state index in [1.807, 2.05) is 24.3 Å². The van der Waals surface area contributed by atoms with Gasteiger partial charge in [-0.1, -0.05) is 12.1 Å². The van der Waals surface area contributed by atoms with Crippen LogP contribution in [0.4, 0.5) is 0 Å². The van der Waals surface area contributed by atoms with E-state index in [0.29, 0.717) is 24.4 Å². The molecule has 2 saturated carbocycles. The molecule has 0 bridgehead atoms. The van der Waals surface area contributed by atoms with Crippen LogP contribution in [0.1, 0.15) is 38.2 Å². The van der Waals surface area contributed by atoms with Crippen LogP contribution in [-0.4, -0.2) is 37.1 Å². The monoisotopic (exact) mass is 458 g/mol. The summed E-state index contributed by atoms with van der Waals surface area (Å²) in [6.07, 6.45) is 4.61. The summed E-state index contributed by atoms with van der Waals surface area (Å²) in [6.45, 7) is 3.55. The first-order chi connectivity index (χ1) is 11.7. The summed E-state index contributed by atoms with van der Waals surface area (Å²) in [4.78, 5) is 16.3. The number of benzene rings is 1. The molecule has 0 aliphatic heterocycles. The fourth-order valence-electron chi connectivity index (χ4n) is 2.29. The molecule has 1 aromatic rings. The van der Waals surface area contributed by atoms with Crippen molar-refractivity contribution >= 4 is 35.8 Å². The van der Waals surface area contributed by atoms with Gasteiger partial charge in [0.1, 0.15) is 5.75 Å². The molecule has 1 aromatic carbocycles. The predicted octanol–water partition coefficient (Wildman–Crippen LogP) is 2.18. The van der Waals surface area contributed by atoms with Gasteiger partial charge in [0.15, 0.2) is 12.6 Å². The van der Waals surface area contributed by atoms with Crippen LogP contribution in [-0.2, 0) is 11.3 Å². The molecule has 7 heteroatoms. The van der Waals surface area contributed by atoms with Crippen LogP contribution < -0.4 is 20.7 Å². The molecular formula is C18H27IN4O2. The van der Waals surface area contributed by atoms with Crippen LogP contribution >= 0.6 is 24.0 Å². The van der Waals surface area contributed by atoms with Gasteiger partial charge in [-0.2, -0.15) is 0 Å². The Morgan fingerprint density at radius 1 is 1.20 bits per heavy atom. The van der Waals surface area contributed by atoms with E-state index < -0.39 is 0 Å². The molecule has 0 saturated heterocycles. The van der Waals surface area contributed by atoms with Gasteiger partial charge in [0.05, 0.1) is 6.54 Å². The smallest absolute Gasteiger partial charge is 0.258 e. The maximum atomic E-state index is 11.7. The minimum Gasteiger partial charge on any atom is -0.484 e. The Morgan fingerprint density at radius 2 is 1.92 bits per heavy atom. The number of carbonyl (C=O) groups excluding carboxylic acids is 1. The standard InChI is InChI=1S/C18H26N4O2.HI/c1-2-19-18(22-15-8-9-15)20-11-13-4-3-5-16(10-13)24-12-17(23)21-14-6-7-14;/h3-5,10,14-15H,2,6-9,11-12H2,1H3,(H,21,23)(H2,19,20,22);1H. The molecule has 2 fully saturated rings. The molecule has 0 atom stereocenters. The number of rotatable bonds is 8. The summed E-state index contributed by atoms with van der Waals surface area (Å²) in [5, 5.41) is 9.57. The number of carbonyl (C=O) groups is 1. The topological polar surface area (TPSA) is 74.8 Å². The summed E-state index contributed by atoms with van der Waals surface area (Å²) >= 11 is 0. The van der Waals surface area contributed by atoms with E-state index in [1.165, 1.54) is 12.8 Å². The Labute approximate surface area is 166 Å².